The minimum Gasteiger partial charge on any atom is -0.348 e. The van der Waals surface area contributed by atoms with Gasteiger partial charge in [0.1, 0.15) is 0 Å². The van der Waals surface area contributed by atoms with Gasteiger partial charge in [0.15, 0.2) is 0 Å². The molecule has 1 amide bonds. The number of rotatable bonds is 6. The SMILES string of the molecule is Cc1ccc(CNS(=O)(=O)N(C)CC(=O)N(C)C)cc1. The highest BCUT2D eigenvalue weighted by Gasteiger charge is 2.20. The summed E-state index contributed by atoms with van der Waals surface area (Å²) in [4.78, 5) is 12.9. The van der Waals surface area contributed by atoms with E-state index in [2.05, 4.69) is 4.72 Å². The van der Waals surface area contributed by atoms with E-state index in [9.17, 15) is 13.2 Å². The van der Waals surface area contributed by atoms with Gasteiger partial charge in [0, 0.05) is 27.7 Å². The Morgan fingerprint density at radius 1 is 1.15 bits per heavy atom. The molecule has 0 spiro atoms. The lowest BCUT2D eigenvalue weighted by molar-refractivity contribution is -0.128. The van der Waals surface area contributed by atoms with E-state index in [4.69, 9.17) is 0 Å². The van der Waals surface area contributed by atoms with Crippen LogP contribution in [0.15, 0.2) is 24.3 Å². The second kappa shape index (κ2) is 6.83. The molecule has 0 aliphatic heterocycles. The fraction of sp³-hybridized carbons (Fsp3) is 0.462. The van der Waals surface area contributed by atoms with Gasteiger partial charge in [-0.1, -0.05) is 29.8 Å². The summed E-state index contributed by atoms with van der Waals surface area (Å²) in [7, 11) is 0.884. The Morgan fingerprint density at radius 2 is 1.70 bits per heavy atom. The third kappa shape index (κ3) is 4.92. The van der Waals surface area contributed by atoms with E-state index in [-0.39, 0.29) is 19.0 Å². The van der Waals surface area contributed by atoms with Crippen molar-refractivity contribution in [3.63, 3.8) is 0 Å². The lowest BCUT2D eigenvalue weighted by atomic mass is 10.2. The Kier molecular flexibility index (Phi) is 5.67. The molecule has 0 unspecified atom stereocenters. The predicted molar refractivity (Wildman–Crippen MR) is 78.3 cm³/mol. The maximum Gasteiger partial charge on any atom is 0.279 e. The highest BCUT2D eigenvalue weighted by Crippen LogP contribution is 2.04. The van der Waals surface area contributed by atoms with Crippen LogP contribution < -0.4 is 4.72 Å². The average Bonchev–Trinajstić information content (AvgIpc) is 2.37. The zero-order valence-corrected chi connectivity index (χ0v) is 13.1. The molecule has 1 N–H and O–H groups in total. The summed E-state index contributed by atoms with van der Waals surface area (Å²) in [5.41, 5.74) is 1.98. The van der Waals surface area contributed by atoms with Gasteiger partial charge in [0.05, 0.1) is 6.54 Å². The van der Waals surface area contributed by atoms with Gasteiger partial charge >= 0.3 is 0 Å². The number of benzene rings is 1. The molecule has 1 aromatic rings. The molecular weight excluding hydrogens is 278 g/mol. The first-order valence-electron chi connectivity index (χ1n) is 6.19. The number of likely N-dealkylation sites (N-methyl/N-ethyl adjacent to an activating group) is 2. The van der Waals surface area contributed by atoms with Crippen molar-refractivity contribution < 1.29 is 13.2 Å². The van der Waals surface area contributed by atoms with Crippen LogP contribution >= 0.6 is 0 Å². The van der Waals surface area contributed by atoms with E-state index in [1.165, 1.54) is 11.9 Å². The lowest BCUT2D eigenvalue weighted by Crippen LogP contribution is -2.43. The van der Waals surface area contributed by atoms with Crippen LogP contribution in [-0.4, -0.2) is 51.2 Å². The molecule has 7 heteroatoms. The molecule has 0 atom stereocenters. The van der Waals surface area contributed by atoms with Crippen LogP contribution in [0.25, 0.3) is 0 Å². The second-order valence-electron chi connectivity index (χ2n) is 4.86. The standard InChI is InChI=1S/C13H21N3O3S/c1-11-5-7-12(8-6-11)9-14-20(18,19)16(4)10-13(17)15(2)3/h5-8,14H,9-10H2,1-4H3. The molecule has 0 bridgehead atoms. The molecule has 112 valence electrons. The summed E-state index contributed by atoms with van der Waals surface area (Å²) in [5, 5.41) is 0. The average molecular weight is 299 g/mol. The van der Waals surface area contributed by atoms with Gasteiger partial charge in [-0.15, -0.1) is 0 Å². The summed E-state index contributed by atoms with van der Waals surface area (Å²) in [6, 6.07) is 7.57. The van der Waals surface area contributed by atoms with Crippen LogP contribution in [0.3, 0.4) is 0 Å². The Labute approximate surface area is 120 Å². The van der Waals surface area contributed by atoms with E-state index in [0.717, 1.165) is 15.4 Å². The Morgan fingerprint density at radius 3 is 2.20 bits per heavy atom. The Balaban J connectivity index is 2.61. The summed E-state index contributed by atoms with van der Waals surface area (Å²) >= 11 is 0. The van der Waals surface area contributed by atoms with E-state index in [1.54, 1.807) is 14.1 Å². The van der Waals surface area contributed by atoms with Gasteiger partial charge in [-0.2, -0.15) is 17.4 Å². The minimum absolute atomic E-state index is 0.184. The molecular formula is C13H21N3O3S. The second-order valence-corrected chi connectivity index (χ2v) is 6.72. The highest BCUT2D eigenvalue weighted by atomic mass is 32.2. The monoisotopic (exact) mass is 299 g/mol. The number of amides is 1. The topological polar surface area (TPSA) is 69.7 Å². The van der Waals surface area contributed by atoms with Gasteiger partial charge in [0.25, 0.3) is 10.2 Å². The van der Waals surface area contributed by atoms with Crippen LogP contribution in [0.1, 0.15) is 11.1 Å². The summed E-state index contributed by atoms with van der Waals surface area (Å²) in [5.74, 6) is -0.270. The highest BCUT2D eigenvalue weighted by molar-refractivity contribution is 7.87. The largest absolute Gasteiger partial charge is 0.348 e. The molecule has 6 nitrogen and oxygen atoms in total. The number of nitrogens with one attached hydrogen (secondary N) is 1. The van der Waals surface area contributed by atoms with Crippen LogP contribution in [0.2, 0.25) is 0 Å². The third-order valence-electron chi connectivity index (χ3n) is 2.85. The van der Waals surface area contributed by atoms with Gasteiger partial charge in [-0.05, 0) is 12.5 Å². The smallest absolute Gasteiger partial charge is 0.279 e. The predicted octanol–water partition coefficient (Wildman–Crippen LogP) is 0.349. The maximum atomic E-state index is 12.0. The molecule has 0 aromatic heterocycles. The van der Waals surface area contributed by atoms with Crippen molar-refractivity contribution in [1.29, 1.82) is 0 Å². The van der Waals surface area contributed by atoms with E-state index >= 15 is 0 Å². The van der Waals surface area contributed by atoms with Gasteiger partial charge < -0.3 is 4.90 Å². The number of nitrogens with zero attached hydrogens (tertiary/aromatic N) is 2. The van der Waals surface area contributed by atoms with E-state index < -0.39 is 10.2 Å². The quantitative estimate of drug-likeness (QED) is 0.824. The summed E-state index contributed by atoms with van der Waals surface area (Å²) in [6.07, 6.45) is 0. The Hall–Kier alpha value is -1.44. The first-order chi connectivity index (χ1) is 9.22. The van der Waals surface area contributed by atoms with Crippen LogP contribution in [-0.2, 0) is 21.5 Å². The number of carbonyl (C=O) groups is 1. The van der Waals surface area contributed by atoms with Crippen molar-refractivity contribution >= 4 is 16.1 Å². The fourth-order valence-corrected chi connectivity index (χ4v) is 2.26. The fourth-order valence-electron chi connectivity index (χ4n) is 1.41. The first kappa shape index (κ1) is 16.6. The molecule has 0 aliphatic carbocycles. The number of carbonyl (C=O) groups excluding carboxylic acids is 1. The lowest BCUT2D eigenvalue weighted by Gasteiger charge is -2.19. The molecule has 0 saturated heterocycles. The van der Waals surface area contributed by atoms with Gasteiger partial charge in [-0.3, -0.25) is 4.79 Å². The molecule has 0 fully saturated rings. The molecule has 0 heterocycles. The van der Waals surface area contributed by atoms with Gasteiger partial charge in [0.2, 0.25) is 5.91 Å². The van der Waals surface area contributed by atoms with E-state index in [0.29, 0.717) is 0 Å². The zero-order chi connectivity index (χ0) is 15.3. The summed E-state index contributed by atoms with van der Waals surface area (Å²) < 4.78 is 27.4. The van der Waals surface area contributed by atoms with E-state index in [1.807, 2.05) is 31.2 Å². The van der Waals surface area contributed by atoms with Crippen molar-refractivity contribution in [3.8, 4) is 0 Å². The normalized spacial score (nSPS) is 11.7. The summed E-state index contributed by atoms with van der Waals surface area (Å²) in [6.45, 7) is 1.98. The Bertz CT molecular complexity index is 553. The van der Waals surface area contributed by atoms with Crippen molar-refractivity contribution in [2.24, 2.45) is 0 Å². The molecule has 20 heavy (non-hydrogen) atoms. The van der Waals surface area contributed by atoms with Crippen LogP contribution in [0.4, 0.5) is 0 Å². The number of hydrogen-bond donors (Lipinski definition) is 1. The molecule has 1 rings (SSSR count). The van der Waals surface area contributed by atoms with Crippen LogP contribution in [0, 0.1) is 6.92 Å². The minimum atomic E-state index is -3.66. The molecule has 1 aromatic carbocycles. The first-order valence-corrected chi connectivity index (χ1v) is 7.63. The van der Waals surface area contributed by atoms with Crippen molar-refractivity contribution in [2.45, 2.75) is 13.5 Å². The molecule has 0 aliphatic rings. The maximum absolute atomic E-state index is 12.0. The zero-order valence-electron chi connectivity index (χ0n) is 12.3. The molecule has 0 radical (unpaired) electrons. The van der Waals surface area contributed by atoms with Crippen LogP contribution in [0.5, 0.6) is 0 Å². The number of aryl methyl sites for hydroxylation is 1. The number of hydrogen-bond acceptors (Lipinski definition) is 3. The molecule has 0 saturated carbocycles. The van der Waals surface area contributed by atoms with Crippen molar-refractivity contribution in [2.75, 3.05) is 27.7 Å². The van der Waals surface area contributed by atoms with Crippen molar-refractivity contribution in [3.05, 3.63) is 35.4 Å². The third-order valence-corrected chi connectivity index (χ3v) is 4.31. The van der Waals surface area contributed by atoms with Crippen molar-refractivity contribution in [1.82, 2.24) is 13.9 Å². The van der Waals surface area contributed by atoms with Gasteiger partial charge in [-0.25, -0.2) is 0 Å².